The van der Waals surface area contributed by atoms with Crippen molar-refractivity contribution in [2.24, 2.45) is 0 Å². The highest BCUT2D eigenvalue weighted by atomic mass is 16.6. The molecule has 2 heterocycles. The van der Waals surface area contributed by atoms with Crippen LogP contribution in [0.25, 0.3) is 0 Å². The highest BCUT2D eigenvalue weighted by Gasteiger charge is 2.24. The van der Waals surface area contributed by atoms with Gasteiger partial charge in [-0.25, -0.2) is 0 Å². The number of carbonyl (C=O) groups excluding carboxylic acids is 1. The van der Waals surface area contributed by atoms with Crippen LogP contribution in [-0.2, 0) is 17.8 Å². The first kappa shape index (κ1) is 16.6. The Labute approximate surface area is 152 Å². The quantitative estimate of drug-likeness (QED) is 0.843. The van der Waals surface area contributed by atoms with E-state index in [9.17, 15) is 4.79 Å². The normalized spacial score (nSPS) is 15.2. The molecule has 0 unspecified atom stereocenters. The third-order valence-corrected chi connectivity index (χ3v) is 4.65. The van der Waals surface area contributed by atoms with Crippen LogP contribution in [0.5, 0.6) is 23.0 Å². The van der Waals surface area contributed by atoms with E-state index in [1.54, 1.807) is 13.2 Å². The third-order valence-electron chi connectivity index (χ3n) is 4.65. The Balaban J connectivity index is 1.42. The molecule has 0 atom stereocenters. The van der Waals surface area contributed by atoms with E-state index >= 15 is 0 Å². The number of hydrogen-bond acceptors (Lipinski definition) is 5. The number of methoxy groups -OCH3 is 1. The van der Waals surface area contributed by atoms with Gasteiger partial charge >= 0.3 is 0 Å². The molecule has 2 aliphatic heterocycles. The zero-order chi connectivity index (χ0) is 17.9. The maximum Gasteiger partial charge on any atom is 0.260 e. The topological polar surface area (TPSA) is 57.2 Å². The van der Waals surface area contributed by atoms with Gasteiger partial charge in [-0.15, -0.1) is 0 Å². The molecule has 0 spiro atoms. The van der Waals surface area contributed by atoms with Gasteiger partial charge in [0.2, 0.25) is 0 Å². The number of nitrogens with zero attached hydrogens (tertiary/aromatic N) is 1. The Hall–Kier alpha value is -2.89. The van der Waals surface area contributed by atoms with E-state index < -0.39 is 0 Å². The minimum Gasteiger partial charge on any atom is -0.493 e. The van der Waals surface area contributed by atoms with Crippen molar-refractivity contribution in [3.63, 3.8) is 0 Å². The average molecular weight is 355 g/mol. The lowest BCUT2D eigenvalue weighted by molar-refractivity contribution is -0.134. The molecule has 0 N–H and O–H groups in total. The molecule has 0 fully saturated rings. The molecule has 4 rings (SSSR count). The third kappa shape index (κ3) is 3.27. The van der Waals surface area contributed by atoms with Crippen LogP contribution < -0.4 is 18.9 Å². The van der Waals surface area contributed by atoms with Crippen molar-refractivity contribution in [1.29, 1.82) is 0 Å². The van der Waals surface area contributed by atoms with E-state index in [1.165, 1.54) is 5.56 Å². The summed E-state index contributed by atoms with van der Waals surface area (Å²) >= 11 is 0. The van der Waals surface area contributed by atoms with Gasteiger partial charge < -0.3 is 23.8 Å². The molecule has 2 aliphatic rings. The summed E-state index contributed by atoms with van der Waals surface area (Å²) in [5.41, 5.74) is 2.31. The van der Waals surface area contributed by atoms with Crippen molar-refractivity contribution in [2.75, 3.05) is 33.5 Å². The number of ether oxygens (including phenoxy) is 4. The van der Waals surface area contributed by atoms with E-state index in [-0.39, 0.29) is 12.5 Å². The number of carbonyl (C=O) groups is 1. The summed E-state index contributed by atoms with van der Waals surface area (Å²) in [6.45, 7) is 2.35. The summed E-state index contributed by atoms with van der Waals surface area (Å²) in [7, 11) is 1.58. The van der Waals surface area contributed by atoms with Crippen LogP contribution in [-0.4, -0.2) is 44.3 Å². The lowest BCUT2D eigenvalue weighted by atomic mass is 9.98. The maximum absolute atomic E-state index is 12.6. The number of fused-ring (bicyclic) bond motifs is 2. The highest BCUT2D eigenvalue weighted by Crippen LogP contribution is 2.35. The molecule has 0 aliphatic carbocycles. The minimum atomic E-state index is -0.0450. The van der Waals surface area contributed by atoms with Crippen LogP contribution in [0.1, 0.15) is 11.1 Å². The van der Waals surface area contributed by atoms with Crippen molar-refractivity contribution in [3.8, 4) is 23.0 Å². The van der Waals surface area contributed by atoms with E-state index in [0.29, 0.717) is 37.8 Å². The summed E-state index contributed by atoms with van der Waals surface area (Å²) in [5.74, 6) is 2.70. The van der Waals surface area contributed by atoms with Crippen molar-refractivity contribution in [3.05, 3.63) is 47.5 Å². The molecule has 0 aromatic heterocycles. The average Bonchev–Trinajstić information content (AvgIpc) is 2.70. The van der Waals surface area contributed by atoms with E-state index in [0.717, 1.165) is 23.5 Å². The Morgan fingerprint density at radius 3 is 2.50 bits per heavy atom. The molecule has 2 aromatic carbocycles. The largest absolute Gasteiger partial charge is 0.493 e. The predicted octanol–water partition coefficient (Wildman–Crippen LogP) is 2.43. The van der Waals surface area contributed by atoms with Crippen LogP contribution >= 0.6 is 0 Å². The van der Waals surface area contributed by atoms with Gasteiger partial charge in [-0.05, 0) is 41.8 Å². The summed E-state index contributed by atoms with van der Waals surface area (Å²) < 4.78 is 22.2. The minimum absolute atomic E-state index is 0.0136. The zero-order valence-corrected chi connectivity index (χ0v) is 14.7. The highest BCUT2D eigenvalue weighted by molar-refractivity contribution is 5.78. The molecule has 6 nitrogen and oxygen atoms in total. The number of para-hydroxylation sites is 2. The van der Waals surface area contributed by atoms with Gasteiger partial charge in [-0.3, -0.25) is 4.79 Å². The first-order chi connectivity index (χ1) is 12.7. The molecule has 0 saturated heterocycles. The fraction of sp³-hybridized carbons (Fsp3) is 0.350. The Morgan fingerprint density at radius 1 is 1.08 bits per heavy atom. The summed E-state index contributed by atoms with van der Waals surface area (Å²) in [4.78, 5) is 14.4. The lowest BCUT2D eigenvalue weighted by Gasteiger charge is -2.30. The predicted molar refractivity (Wildman–Crippen MR) is 95.0 cm³/mol. The van der Waals surface area contributed by atoms with Crippen molar-refractivity contribution >= 4 is 5.91 Å². The Bertz CT molecular complexity index is 820. The standard InChI is InChI=1S/C20H21NO5/c1-23-16-4-2-3-5-17(16)26-13-20(22)21-7-6-14-10-18-19(11-15(14)12-21)25-9-8-24-18/h2-5,10-11H,6-9,12-13H2,1H3. The van der Waals surface area contributed by atoms with Gasteiger partial charge in [0.25, 0.3) is 5.91 Å². The molecule has 0 radical (unpaired) electrons. The molecular weight excluding hydrogens is 334 g/mol. The van der Waals surface area contributed by atoms with Crippen molar-refractivity contribution in [1.82, 2.24) is 4.90 Å². The summed E-state index contributed by atoms with van der Waals surface area (Å²) in [6.07, 6.45) is 0.798. The smallest absolute Gasteiger partial charge is 0.260 e. The second-order valence-corrected chi connectivity index (χ2v) is 6.27. The molecule has 136 valence electrons. The summed E-state index contributed by atoms with van der Waals surface area (Å²) in [6, 6.07) is 11.3. The molecule has 2 aromatic rings. The zero-order valence-electron chi connectivity index (χ0n) is 14.7. The Morgan fingerprint density at radius 2 is 1.77 bits per heavy atom. The number of benzene rings is 2. The van der Waals surface area contributed by atoms with Crippen molar-refractivity contribution < 1.29 is 23.7 Å². The van der Waals surface area contributed by atoms with Gasteiger partial charge in [0.05, 0.1) is 7.11 Å². The molecule has 0 bridgehead atoms. The fourth-order valence-electron chi connectivity index (χ4n) is 3.27. The van der Waals surface area contributed by atoms with Gasteiger partial charge in [-0.1, -0.05) is 12.1 Å². The molecule has 1 amide bonds. The number of rotatable bonds is 4. The molecular formula is C20H21NO5. The summed E-state index contributed by atoms with van der Waals surface area (Å²) in [5, 5.41) is 0. The lowest BCUT2D eigenvalue weighted by Crippen LogP contribution is -2.39. The van der Waals surface area contributed by atoms with Gasteiger partial charge in [0.15, 0.2) is 29.6 Å². The molecule has 0 saturated carbocycles. The maximum atomic E-state index is 12.6. The second kappa shape index (κ2) is 7.15. The fourth-order valence-corrected chi connectivity index (χ4v) is 3.27. The number of hydrogen-bond donors (Lipinski definition) is 0. The van der Waals surface area contributed by atoms with Gasteiger partial charge in [-0.2, -0.15) is 0 Å². The Kier molecular flexibility index (Phi) is 4.56. The van der Waals surface area contributed by atoms with Crippen LogP contribution in [0, 0.1) is 0 Å². The molecule has 6 heteroatoms. The first-order valence-corrected chi connectivity index (χ1v) is 8.69. The number of amides is 1. The first-order valence-electron chi connectivity index (χ1n) is 8.69. The van der Waals surface area contributed by atoms with Gasteiger partial charge in [0.1, 0.15) is 13.2 Å². The van der Waals surface area contributed by atoms with Crippen LogP contribution in [0.4, 0.5) is 0 Å². The SMILES string of the molecule is COc1ccccc1OCC(=O)N1CCc2cc3c(cc2C1)OCCO3. The van der Waals surface area contributed by atoms with Crippen LogP contribution in [0.3, 0.4) is 0 Å². The van der Waals surface area contributed by atoms with Crippen LogP contribution in [0.15, 0.2) is 36.4 Å². The molecule has 26 heavy (non-hydrogen) atoms. The van der Waals surface area contributed by atoms with Crippen molar-refractivity contribution in [2.45, 2.75) is 13.0 Å². The second-order valence-electron chi connectivity index (χ2n) is 6.27. The monoisotopic (exact) mass is 355 g/mol. The van der Waals surface area contributed by atoms with Crippen LogP contribution in [0.2, 0.25) is 0 Å². The van der Waals surface area contributed by atoms with E-state index in [4.69, 9.17) is 18.9 Å². The van der Waals surface area contributed by atoms with Gasteiger partial charge in [0, 0.05) is 13.1 Å². The van der Waals surface area contributed by atoms with E-state index in [1.807, 2.05) is 35.2 Å². The van der Waals surface area contributed by atoms with E-state index in [2.05, 4.69) is 0 Å².